The van der Waals surface area contributed by atoms with Gasteiger partial charge >= 0.3 is 0 Å². The van der Waals surface area contributed by atoms with E-state index in [-0.39, 0.29) is 6.10 Å². The molecule has 1 heteroatoms. The normalized spacial score (nSPS) is 21.9. The zero-order valence-electron chi connectivity index (χ0n) is 10.6. The van der Waals surface area contributed by atoms with E-state index in [1.54, 1.807) is 0 Å². The van der Waals surface area contributed by atoms with Crippen LogP contribution in [-0.2, 0) is 12.8 Å². The minimum atomic E-state index is -0.305. The fourth-order valence-electron chi connectivity index (χ4n) is 2.96. The van der Waals surface area contributed by atoms with Crippen molar-refractivity contribution < 1.29 is 5.11 Å². The van der Waals surface area contributed by atoms with Crippen LogP contribution in [-0.4, -0.2) is 5.11 Å². The number of hydrogen-bond donors (Lipinski definition) is 1. The van der Waals surface area contributed by atoms with Crippen molar-refractivity contribution in [1.29, 1.82) is 0 Å². The zero-order chi connectivity index (χ0) is 12.5. The van der Waals surface area contributed by atoms with Crippen LogP contribution in [0.1, 0.15) is 28.4 Å². The standard InChI is InChI=1S/C17H18O/c1-12-6-2-3-7-13(12)10-15-11-14-8-4-5-9-16(14)17(15)18/h2-9,15,17-18H,10-11H2,1H3. The molecule has 0 spiro atoms. The maximum absolute atomic E-state index is 10.4. The number of aliphatic hydroxyl groups is 1. The number of hydrogen-bond acceptors (Lipinski definition) is 1. The summed E-state index contributed by atoms with van der Waals surface area (Å²) in [4.78, 5) is 0. The number of rotatable bonds is 2. The highest BCUT2D eigenvalue weighted by Gasteiger charge is 2.30. The van der Waals surface area contributed by atoms with Crippen LogP contribution in [0, 0.1) is 12.8 Å². The second-order valence-electron chi connectivity index (χ2n) is 5.24. The van der Waals surface area contributed by atoms with Crippen LogP contribution in [0.2, 0.25) is 0 Å². The van der Waals surface area contributed by atoms with E-state index in [0.29, 0.717) is 5.92 Å². The number of benzene rings is 2. The predicted molar refractivity (Wildman–Crippen MR) is 73.5 cm³/mol. The first-order valence-electron chi connectivity index (χ1n) is 6.56. The summed E-state index contributed by atoms with van der Waals surface area (Å²) < 4.78 is 0. The highest BCUT2D eigenvalue weighted by atomic mass is 16.3. The molecule has 1 aliphatic carbocycles. The molecule has 0 saturated carbocycles. The van der Waals surface area contributed by atoms with Crippen molar-refractivity contribution in [1.82, 2.24) is 0 Å². The summed E-state index contributed by atoms with van der Waals surface area (Å²) in [7, 11) is 0. The lowest BCUT2D eigenvalue weighted by Gasteiger charge is -2.16. The summed E-state index contributed by atoms with van der Waals surface area (Å²) in [6, 6.07) is 16.7. The van der Waals surface area contributed by atoms with Crippen LogP contribution in [0.3, 0.4) is 0 Å². The van der Waals surface area contributed by atoms with Crippen LogP contribution in [0.5, 0.6) is 0 Å². The van der Waals surface area contributed by atoms with E-state index in [0.717, 1.165) is 18.4 Å². The van der Waals surface area contributed by atoms with Crippen LogP contribution < -0.4 is 0 Å². The molecule has 1 N–H and O–H groups in total. The van der Waals surface area contributed by atoms with E-state index in [4.69, 9.17) is 0 Å². The minimum Gasteiger partial charge on any atom is -0.388 e. The van der Waals surface area contributed by atoms with Crippen molar-refractivity contribution in [3.63, 3.8) is 0 Å². The van der Waals surface area contributed by atoms with Gasteiger partial charge in [-0.25, -0.2) is 0 Å². The summed E-state index contributed by atoms with van der Waals surface area (Å²) in [5.74, 6) is 0.323. The lowest BCUT2D eigenvalue weighted by atomic mass is 9.92. The van der Waals surface area contributed by atoms with Crippen molar-refractivity contribution in [2.75, 3.05) is 0 Å². The van der Waals surface area contributed by atoms with E-state index < -0.39 is 0 Å². The van der Waals surface area contributed by atoms with Crippen molar-refractivity contribution in [2.45, 2.75) is 25.9 Å². The Labute approximate surface area is 108 Å². The number of fused-ring (bicyclic) bond motifs is 1. The highest BCUT2D eigenvalue weighted by molar-refractivity contribution is 5.36. The molecule has 0 bridgehead atoms. The smallest absolute Gasteiger partial charge is 0.0827 e. The zero-order valence-corrected chi connectivity index (χ0v) is 10.6. The molecule has 0 amide bonds. The molecule has 0 heterocycles. The van der Waals surface area contributed by atoms with E-state index in [1.165, 1.54) is 16.7 Å². The Hall–Kier alpha value is -1.60. The third kappa shape index (κ3) is 1.95. The molecule has 0 aliphatic heterocycles. The number of aliphatic hydroxyl groups excluding tert-OH is 1. The lowest BCUT2D eigenvalue weighted by molar-refractivity contribution is 0.123. The molecule has 1 nitrogen and oxygen atoms in total. The quantitative estimate of drug-likeness (QED) is 0.849. The van der Waals surface area contributed by atoms with E-state index in [2.05, 4.69) is 49.4 Å². The second kappa shape index (κ2) is 4.58. The Kier molecular flexibility index (Phi) is 2.92. The van der Waals surface area contributed by atoms with Crippen molar-refractivity contribution >= 4 is 0 Å². The molecule has 1 aliphatic rings. The Morgan fingerprint density at radius 2 is 1.78 bits per heavy atom. The van der Waals surface area contributed by atoms with Gasteiger partial charge in [0, 0.05) is 0 Å². The molecule has 2 unspecified atom stereocenters. The molecule has 2 atom stereocenters. The van der Waals surface area contributed by atoms with Crippen LogP contribution in [0.4, 0.5) is 0 Å². The first-order chi connectivity index (χ1) is 8.75. The van der Waals surface area contributed by atoms with E-state index in [9.17, 15) is 5.11 Å². The third-order valence-electron chi connectivity index (χ3n) is 4.05. The van der Waals surface area contributed by atoms with Crippen LogP contribution in [0.25, 0.3) is 0 Å². The fourth-order valence-corrected chi connectivity index (χ4v) is 2.96. The molecule has 18 heavy (non-hydrogen) atoms. The van der Waals surface area contributed by atoms with Gasteiger partial charge in [-0.2, -0.15) is 0 Å². The Bertz CT molecular complexity index is 559. The van der Waals surface area contributed by atoms with Gasteiger partial charge in [0.05, 0.1) is 6.10 Å². The Morgan fingerprint density at radius 1 is 1.06 bits per heavy atom. The largest absolute Gasteiger partial charge is 0.388 e. The summed E-state index contributed by atoms with van der Waals surface area (Å²) in [5, 5.41) is 10.4. The van der Waals surface area contributed by atoms with Gasteiger partial charge in [0.15, 0.2) is 0 Å². The van der Waals surface area contributed by atoms with Gasteiger partial charge in [0.25, 0.3) is 0 Å². The average molecular weight is 238 g/mol. The molecule has 2 aromatic rings. The van der Waals surface area contributed by atoms with Crippen molar-refractivity contribution in [2.24, 2.45) is 5.92 Å². The summed E-state index contributed by atoms with van der Waals surface area (Å²) in [6.45, 7) is 2.14. The fraction of sp³-hybridized carbons (Fsp3) is 0.294. The highest BCUT2D eigenvalue weighted by Crippen LogP contribution is 2.37. The summed E-state index contributed by atoms with van der Waals surface area (Å²) >= 11 is 0. The third-order valence-corrected chi connectivity index (χ3v) is 4.05. The van der Waals surface area contributed by atoms with Crippen LogP contribution in [0.15, 0.2) is 48.5 Å². The van der Waals surface area contributed by atoms with Gasteiger partial charge in [0.1, 0.15) is 0 Å². The minimum absolute atomic E-state index is 0.305. The van der Waals surface area contributed by atoms with Crippen molar-refractivity contribution in [3.8, 4) is 0 Å². The van der Waals surface area contributed by atoms with Crippen LogP contribution >= 0.6 is 0 Å². The van der Waals surface area contributed by atoms with Gasteiger partial charge in [-0.1, -0.05) is 48.5 Å². The SMILES string of the molecule is Cc1ccccc1CC1Cc2ccccc2C1O. The van der Waals surface area contributed by atoms with Gasteiger partial charge < -0.3 is 5.11 Å². The predicted octanol–water partition coefficient (Wildman–Crippen LogP) is 3.44. The molecule has 0 aromatic heterocycles. The molecule has 0 saturated heterocycles. The van der Waals surface area contributed by atoms with Gasteiger partial charge in [-0.3, -0.25) is 0 Å². The average Bonchev–Trinajstić information content (AvgIpc) is 2.70. The lowest BCUT2D eigenvalue weighted by Crippen LogP contribution is -2.11. The molecular formula is C17H18O. The number of aryl methyl sites for hydroxylation is 1. The van der Waals surface area contributed by atoms with E-state index >= 15 is 0 Å². The Balaban J connectivity index is 1.83. The van der Waals surface area contributed by atoms with Gasteiger partial charge in [0.2, 0.25) is 0 Å². The molecule has 92 valence electrons. The first-order valence-corrected chi connectivity index (χ1v) is 6.56. The van der Waals surface area contributed by atoms with Crippen molar-refractivity contribution in [3.05, 3.63) is 70.8 Å². The molecule has 0 radical (unpaired) electrons. The summed E-state index contributed by atoms with van der Waals surface area (Å²) in [6.07, 6.45) is 1.65. The molecule has 3 rings (SSSR count). The Morgan fingerprint density at radius 3 is 2.56 bits per heavy atom. The van der Waals surface area contributed by atoms with E-state index in [1.807, 2.05) is 6.07 Å². The molecular weight excluding hydrogens is 220 g/mol. The molecule has 2 aromatic carbocycles. The second-order valence-corrected chi connectivity index (χ2v) is 5.24. The van der Waals surface area contributed by atoms with Gasteiger partial charge in [-0.15, -0.1) is 0 Å². The molecule has 0 fully saturated rings. The topological polar surface area (TPSA) is 20.2 Å². The first kappa shape index (κ1) is 11.5. The maximum Gasteiger partial charge on any atom is 0.0827 e. The maximum atomic E-state index is 10.4. The van der Waals surface area contributed by atoms with Gasteiger partial charge in [-0.05, 0) is 47.9 Å². The summed E-state index contributed by atoms with van der Waals surface area (Å²) in [5.41, 5.74) is 5.11. The monoisotopic (exact) mass is 238 g/mol.